The third kappa shape index (κ3) is 1.33. The van der Waals surface area contributed by atoms with Crippen LogP contribution in [0, 0.1) is 6.92 Å². The molecule has 0 atom stereocenters. The average Bonchev–Trinajstić information content (AvgIpc) is 2.29. The Balaban J connectivity index is 0.000000845. The number of rotatable bonds is 0. The molecular weight excluding hydrogens is 188 g/mol. The fourth-order valence-corrected chi connectivity index (χ4v) is 1.33. The number of anilines is 1. The van der Waals surface area contributed by atoms with Crippen LogP contribution in [0.4, 0.5) is 5.69 Å². The molecule has 2 heterocycles. The van der Waals surface area contributed by atoms with Gasteiger partial charge in [0.2, 0.25) is 0 Å². The summed E-state index contributed by atoms with van der Waals surface area (Å²) in [6, 6.07) is 0. The summed E-state index contributed by atoms with van der Waals surface area (Å²) in [5.74, 6) is 0. The van der Waals surface area contributed by atoms with Crippen molar-refractivity contribution in [3.8, 4) is 0 Å². The molecule has 0 radical (unpaired) electrons. The molecule has 0 saturated carbocycles. The Labute approximate surface area is 82.2 Å². The first-order valence-electron chi connectivity index (χ1n) is 3.73. The minimum Gasteiger partial charge on any atom is -0.397 e. The first-order valence-corrected chi connectivity index (χ1v) is 3.73. The van der Waals surface area contributed by atoms with E-state index in [0.717, 1.165) is 16.6 Å². The van der Waals surface area contributed by atoms with Crippen molar-refractivity contribution in [2.75, 3.05) is 5.73 Å². The Kier molecular flexibility index (Phi) is 2.43. The van der Waals surface area contributed by atoms with Crippen molar-refractivity contribution in [3.05, 3.63) is 18.1 Å². The Bertz CT molecular complexity index is 435. The smallest absolute Gasteiger partial charge is 0.113 e. The summed E-state index contributed by atoms with van der Waals surface area (Å²) >= 11 is 0. The van der Waals surface area contributed by atoms with E-state index in [1.165, 1.54) is 0 Å². The number of halogens is 1. The normalized spacial score (nSPS) is 10.0. The van der Waals surface area contributed by atoms with Crippen LogP contribution in [0.5, 0.6) is 0 Å². The van der Waals surface area contributed by atoms with Gasteiger partial charge in [0, 0.05) is 18.1 Å². The Hall–Kier alpha value is -1.29. The van der Waals surface area contributed by atoms with Crippen LogP contribution in [0.3, 0.4) is 0 Å². The third-order valence-corrected chi connectivity index (χ3v) is 2.06. The molecule has 13 heavy (non-hydrogen) atoms. The molecule has 0 aliphatic heterocycles. The molecule has 0 amide bonds. The summed E-state index contributed by atoms with van der Waals surface area (Å²) < 4.78 is 1.81. The van der Waals surface area contributed by atoms with Gasteiger partial charge in [0.1, 0.15) is 5.52 Å². The lowest BCUT2D eigenvalue weighted by molar-refractivity contribution is 0.751. The van der Waals surface area contributed by atoms with E-state index in [1.807, 2.05) is 18.7 Å². The molecule has 0 aliphatic carbocycles. The molecule has 5 heteroatoms. The van der Waals surface area contributed by atoms with E-state index >= 15 is 0 Å². The van der Waals surface area contributed by atoms with Crippen molar-refractivity contribution in [1.29, 1.82) is 0 Å². The van der Waals surface area contributed by atoms with Crippen LogP contribution >= 0.6 is 12.4 Å². The van der Waals surface area contributed by atoms with Crippen molar-refractivity contribution in [2.45, 2.75) is 6.92 Å². The van der Waals surface area contributed by atoms with Crippen LogP contribution in [0.1, 0.15) is 5.69 Å². The molecular formula is C8H11ClN4. The van der Waals surface area contributed by atoms with Gasteiger partial charge in [0.05, 0.1) is 18.1 Å². The number of pyridine rings is 1. The SMILES string of the molecule is Cc1c2c(N)cncc2nn1C.Cl. The minimum atomic E-state index is 0. The van der Waals surface area contributed by atoms with Crippen LogP contribution in [-0.4, -0.2) is 14.8 Å². The number of nitrogens with zero attached hydrogens (tertiary/aromatic N) is 3. The van der Waals surface area contributed by atoms with Gasteiger partial charge in [-0.3, -0.25) is 9.67 Å². The Morgan fingerprint density at radius 3 is 2.69 bits per heavy atom. The highest BCUT2D eigenvalue weighted by Gasteiger charge is 2.06. The van der Waals surface area contributed by atoms with Gasteiger partial charge in [-0.1, -0.05) is 0 Å². The lowest BCUT2D eigenvalue weighted by Gasteiger charge is -1.94. The van der Waals surface area contributed by atoms with Gasteiger partial charge in [0.25, 0.3) is 0 Å². The van der Waals surface area contributed by atoms with Gasteiger partial charge in [-0.25, -0.2) is 0 Å². The van der Waals surface area contributed by atoms with Crippen molar-refractivity contribution in [3.63, 3.8) is 0 Å². The minimum absolute atomic E-state index is 0. The number of nitrogens with two attached hydrogens (primary N) is 1. The molecule has 2 rings (SSSR count). The highest BCUT2D eigenvalue weighted by Crippen LogP contribution is 2.21. The topological polar surface area (TPSA) is 56.7 Å². The van der Waals surface area contributed by atoms with Crippen LogP contribution in [-0.2, 0) is 7.05 Å². The van der Waals surface area contributed by atoms with Gasteiger partial charge >= 0.3 is 0 Å². The predicted octanol–water partition coefficient (Wildman–Crippen LogP) is 1.28. The Morgan fingerprint density at radius 1 is 1.38 bits per heavy atom. The maximum absolute atomic E-state index is 5.75. The molecule has 2 aromatic heterocycles. The first-order chi connectivity index (χ1) is 5.70. The van der Waals surface area contributed by atoms with Crippen LogP contribution in [0.2, 0.25) is 0 Å². The lowest BCUT2D eigenvalue weighted by atomic mass is 10.2. The maximum Gasteiger partial charge on any atom is 0.113 e. The summed E-state index contributed by atoms with van der Waals surface area (Å²) in [4.78, 5) is 3.97. The number of nitrogen functional groups attached to an aromatic ring is 1. The van der Waals surface area contributed by atoms with E-state index in [-0.39, 0.29) is 12.4 Å². The molecule has 0 unspecified atom stereocenters. The first kappa shape index (κ1) is 9.80. The molecule has 4 nitrogen and oxygen atoms in total. The summed E-state index contributed by atoms with van der Waals surface area (Å²) in [7, 11) is 1.90. The molecule has 0 fully saturated rings. The standard InChI is InChI=1S/C8H10N4.ClH/c1-5-8-6(9)3-10-4-7(8)11-12(5)2;/h3-4H,9H2,1-2H3;1H. The van der Waals surface area contributed by atoms with Gasteiger partial charge in [0.15, 0.2) is 0 Å². The number of aryl methyl sites for hydroxylation is 2. The number of hydrogen-bond acceptors (Lipinski definition) is 3. The zero-order valence-electron chi connectivity index (χ0n) is 7.48. The number of fused-ring (bicyclic) bond motifs is 1. The van der Waals surface area contributed by atoms with E-state index < -0.39 is 0 Å². The second-order valence-corrected chi connectivity index (χ2v) is 2.83. The monoisotopic (exact) mass is 198 g/mol. The number of aromatic nitrogens is 3. The quantitative estimate of drug-likeness (QED) is 0.694. The average molecular weight is 199 g/mol. The zero-order chi connectivity index (χ0) is 8.72. The van der Waals surface area contributed by atoms with Gasteiger partial charge in [-0.05, 0) is 6.92 Å². The highest BCUT2D eigenvalue weighted by molar-refractivity contribution is 5.91. The predicted molar refractivity (Wildman–Crippen MR) is 54.9 cm³/mol. The second kappa shape index (κ2) is 3.22. The lowest BCUT2D eigenvalue weighted by Crippen LogP contribution is -1.92. The summed E-state index contributed by atoms with van der Waals surface area (Å²) in [5.41, 5.74) is 8.38. The van der Waals surface area contributed by atoms with E-state index in [9.17, 15) is 0 Å². The van der Waals surface area contributed by atoms with Crippen LogP contribution in [0.25, 0.3) is 10.9 Å². The maximum atomic E-state index is 5.75. The molecule has 2 N–H and O–H groups in total. The highest BCUT2D eigenvalue weighted by atomic mass is 35.5. The van der Waals surface area contributed by atoms with Gasteiger partial charge < -0.3 is 5.73 Å². The molecule has 2 aromatic rings. The van der Waals surface area contributed by atoms with E-state index in [0.29, 0.717) is 5.69 Å². The molecule has 0 bridgehead atoms. The van der Waals surface area contributed by atoms with Crippen molar-refractivity contribution >= 4 is 29.0 Å². The molecule has 0 aromatic carbocycles. The second-order valence-electron chi connectivity index (χ2n) is 2.83. The van der Waals surface area contributed by atoms with Gasteiger partial charge in [-0.2, -0.15) is 5.10 Å². The van der Waals surface area contributed by atoms with Gasteiger partial charge in [-0.15, -0.1) is 12.4 Å². The summed E-state index contributed by atoms with van der Waals surface area (Å²) in [5, 5.41) is 5.25. The molecule has 0 spiro atoms. The molecule has 0 aliphatic rings. The van der Waals surface area contributed by atoms with E-state index in [4.69, 9.17) is 5.73 Å². The van der Waals surface area contributed by atoms with Crippen molar-refractivity contribution in [2.24, 2.45) is 7.05 Å². The number of hydrogen-bond donors (Lipinski definition) is 1. The van der Waals surface area contributed by atoms with E-state index in [2.05, 4.69) is 10.1 Å². The van der Waals surface area contributed by atoms with E-state index in [1.54, 1.807) is 12.4 Å². The third-order valence-electron chi connectivity index (χ3n) is 2.06. The fraction of sp³-hybridized carbons (Fsp3) is 0.250. The Morgan fingerprint density at radius 2 is 2.08 bits per heavy atom. The summed E-state index contributed by atoms with van der Waals surface area (Å²) in [6.45, 7) is 1.99. The van der Waals surface area contributed by atoms with Crippen LogP contribution < -0.4 is 5.73 Å². The van der Waals surface area contributed by atoms with Crippen LogP contribution in [0.15, 0.2) is 12.4 Å². The van der Waals surface area contributed by atoms with Crippen molar-refractivity contribution in [1.82, 2.24) is 14.8 Å². The molecule has 0 saturated heterocycles. The largest absolute Gasteiger partial charge is 0.397 e. The van der Waals surface area contributed by atoms with Crippen molar-refractivity contribution < 1.29 is 0 Å². The fourth-order valence-electron chi connectivity index (χ4n) is 1.33. The summed E-state index contributed by atoms with van der Waals surface area (Å²) in [6.07, 6.45) is 3.37. The molecule has 70 valence electrons. The zero-order valence-corrected chi connectivity index (χ0v) is 8.30.